The van der Waals surface area contributed by atoms with Crippen LogP contribution in [0.5, 0.6) is 5.75 Å². The van der Waals surface area contributed by atoms with Crippen LogP contribution in [0.2, 0.25) is 0 Å². The molecule has 1 aromatic rings. The third-order valence-electron chi connectivity index (χ3n) is 4.15. The molecule has 1 saturated heterocycles. The number of hydrogen-bond acceptors (Lipinski definition) is 4. The lowest BCUT2D eigenvalue weighted by Gasteiger charge is -2.24. The predicted octanol–water partition coefficient (Wildman–Crippen LogP) is 1.64. The lowest BCUT2D eigenvalue weighted by Crippen LogP contribution is -2.43. The average molecular weight is 326 g/mol. The molecule has 1 aliphatic heterocycles. The number of nitrogens with zero attached hydrogens (tertiary/aromatic N) is 1. The van der Waals surface area contributed by atoms with Gasteiger partial charge >= 0.3 is 0 Å². The van der Waals surface area contributed by atoms with E-state index in [1.54, 1.807) is 11.4 Å². The lowest BCUT2D eigenvalue weighted by atomic mass is 10.1. The summed E-state index contributed by atoms with van der Waals surface area (Å²) in [5.41, 5.74) is 1.24. The lowest BCUT2D eigenvalue weighted by molar-refractivity contribution is 0.361. The highest BCUT2D eigenvalue weighted by molar-refractivity contribution is 7.88. The number of benzene rings is 1. The van der Waals surface area contributed by atoms with E-state index in [1.807, 2.05) is 12.1 Å². The first-order valence-corrected chi connectivity index (χ1v) is 9.58. The minimum atomic E-state index is -3.09. The van der Waals surface area contributed by atoms with Crippen molar-refractivity contribution in [1.29, 1.82) is 0 Å². The van der Waals surface area contributed by atoms with Crippen LogP contribution >= 0.6 is 0 Å². The van der Waals surface area contributed by atoms with Gasteiger partial charge in [0, 0.05) is 25.2 Å². The van der Waals surface area contributed by atoms with Crippen LogP contribution in [0.15, 0.2) is 24.3 Å². The van der Waals surface area contributed by atoms with E-state index < -0.39 is 10.0 Å². The van der Waals surface area contributed by atoms with Gasteiger partial charge in [0.05, 0.1) is 13.4 Å². The van der Waals surface area contributed by atoms with Crippen LogP contribution in [0.25, 0.3) is 0 Å². The maximum atomic E-state index is 11.7. The minimum absolute atomic E-state index is 0.0910. The second-order valence-corrected chi connectivity index (χ2v) is 7.97. The zero-order valence-corrected chi connectivity index (χ0v) is 14.4. The van der Waals surface area contributed by atoms with Crippen molar-refractivity contribution in [1.82, 2.24) is 9.62 Å². The quantitative estimate of drug-likeness (QED) is 0.827. The molecule has 2 rings (SSSR count). The van der Waals surface area contributed by atoms with Crippen LogP contribution in [0.3, 0.4) is 0 Å². The van der Waals surface area contributed by atoms with E-state index in [-0.39, 0.29) is 6.04 Å². The summed E-state index contributed by atoms with van der Waals surface area (Å²) >= 11 is 0. The molecule has 5 nitrogen and oxygen atoms in total. The highest BCUT2D eigenvalue weighted by atomic mass is 32.2. The van der Waals surface area contributed by atoms with Gasteiger partial charge in [0.25, 0.3) is 0 Å². The molecule has 1 aromatic carbocycles. The molecule has 1 N–H and O–H groups in total. The molecule has 6 heteroatoms. The molecule has 124 valence electrons. The third-order valence-corrected chi connectivity index (χ3v) is 5.48. The molecule has 0 aliphatic carbocycles. The molecule has 0 bridgehead atoms. The van der Waals surface area contributed by atoms with Gasteiger partial charge in [0.15, 0.2) is 0 Å². The Kier molecular flexibility index (Phi) is 5.83. The van der Waals surface area contributed by atoms with Crippen molar-refractivity contribution in [2.75, 3.05) is 26.5 Å². The van der Waals surface area contributed by atoms with E-state index >= 15 is 0 Å². The van der Waals surface area contributed by atoms with Crippen LogP contribution in [0, 0.1) is 0 Å². The molecule has 0 spiro atoms. The van der Waals surface area contributed by atoms with E-state index in [9.17, 15) is 8.42 Å². The maximum Gasteiger partial charge on any atom is 0.211 e. The number of hydrogen-bond donors (Lipinski definition) is 1. The molecule has 0 amide bonds. The number of nitrogens with one attached hydrogen (secondary N) is 1. The Balaban J connectivity index is 1.83. The summed E-state index contributed by atoms with van der Waals surface area (Å²) in [5, 5.41) is 3.47. The van der Waals surface area contributed by atoms with Crippen molar-refractivity contribution in [2.45, 2.75) is 38.3 Å². The predicted molar refractivity (Wildman–Crippen MR) is 88.7 cm³/mol. The van der Waals surface area contributed by atoms with Crippen molar-refractivity contribution >= 4 is 10.0 Å². The standard InChI is InChI=1S/C16H26N2O3S/c1-13(11-14-6-8-16(21-2)9-7-14)17-12-15-5-4-10-18(15)22(3,19)20/h6-9,13,15,17H,4-5,10-12H2,1-3H3/t13?,15-/m1/s1. The first kappa shape index (κ1) is 17.2. The fraction of sp³-hybridized carbons (Fsp3) is 0.625. The largest absolute Gasteiger partial charge is 0.497 e. The molecule has 1 fully saturated rings. The smallest absolute Gasteiger partial charge is 0.211 e. The van der Waals surface area contributed by atoms with E-state index in [0.29, 0.717) is 19.1 Å². The van der Waals surface area contributed by atoms with Gasteiger partial charge in [-0.3, -0.25) is 0 Å². The summed E-state index contributed by atoms with van der Waals surface area (Å²) < 4.78 is 30.2. The fourth-order valence-corrected chi connectivity index (χ4v) is 4.16. The van der Waals surface area contributed by atoms with Crippen LogP contribution in [-0.4, -0.2) is 51.3 Å². The Morgan fingerprint density at radius 1 is 1.36 bits per heavy atom. The van der Waals surface area contributed by atoms with E-state index in [2.05, 4.69) is 24.4 Å². The number of methoxy groups -OCH3 is 1. The maximum absolute atomic E-state index is 11.7. The summed E-state index contributed by atoms with van der Waals surface area (Å²) in [6.45, 7) is 3.49. The van der Waals surface area contributed by atoms with Crippen LogP contribution in [0.1, 0.15) is 25.3 Å². The second-order valence-electron chi connectivity index (χ2n) is 6.03. The molecule has 0 saturated carbocycles. The first-order valence-electron chi connectivity index (χ1n) is 7.73. The van der Waals surface area contributed by atoms with Gasteiger partial charge in [0.2, 0.25) is 10.0 Å². The fourth-order valence-electron chi connectivity index (χ4n) is 2.97. The van der Waals surface area contributed by atoms with Gasteiger partial charge in [-0.15, -0.1) is 0 Å². The summed E-state index contributed by atoms with van der Waals surface area (Å²) in [7, 11) is -1.43. The van der Waals surface area contributed by atoms with Gasteiger partial charge in [-0.25, -0.2) is 8.42 Å². The average Bonchev–Trinajstić information content (AvgIpc) is 2.94. The molecule has 1 heterocycles. The van der Waals surface area contributed by atoms with Gasteiger partial charge < -0.3 is 10.1 Å². The Morgan fingerprint density at radius 2 is 2.05 bits per heavy atom. The zero-order valence-electron chi connectivity index (χ0n) is 13.6. The van der Waals surface area contributed by atoms with Gasteiger partial charge in [-0.1, -0.05) is 12.1 Å². The first-order chi connectivity index (χ1) is 10.4. The summed E-state index contributed by atoms with van der Waals surface area (Å²) in [4.78, 5) is 0. The molecule has 0 radical (unpaired) electrons. The van der Waals surface area contributed by atoms with Gasteiger partial charge in [-0.2, -0.15) is 4.31 Å². The van der Waals surface area contributed by atoms with Crippen molar-refractivity contribution in [3.8, 4) is 5.75 Å². The number of ether oxygens (including phenoxy) is 1. The van der Waals surface area contributed by atoms with E-state index in [4.69, 9.17) is 4.74 Å². The van der Waals surface area contributed by atoms with Gasteiger partial charge in [-0.05, 0) is 43.9 Å². The Hall–Kier alpha value is -1.11. The Bertz CT molecular complexity index is 572. The van der Waals surface area contributed by atoms with Crippen molar-refractivity contribution in [3.05, 3.63) is 29.8 Å². The second kappa shape index (κ2) is 7.44. The van der Waals surface area contributed by atoms with Crippen molar-refractivity contribution in [2.24, 2.45) is 0 Å². The molecule has 1 aliphatic rings. The van der Waals surface area contributed by atoms with E-state index in [0.717, 1.165) is 25.0 Å². The van der Waals surface area contributed by atoms with Gasteiger partial charge in [0.1, 0.15) is 5.75 Å². The summed E-state index contributed by atoms with van der Waals surface area (Å²) in [5.74, 6) is 0.860. The molecule has 0 aromatic heterocycles. The van der Waals surface area contributed by atoms with Crippen molar-refractivity contribution in [3.63, 3.8) is 0 Å². The number of rotatable bonds is 7. The molecular formula is C16H26N2O3S. The molecule has 22 heavy (non-hydrogen) atoms. The normalized spacial score (nSPS) is 21.0. The zero-order chi connectivity index (χ0) is 16.2. The van der Waals surface area contributed by atoms with E-state index in [1.165, 1.54) is 11.8 Å². The summed E-state index contributed by atoms with van der Waals surface area (Å²) in [6.07, 6.45) is 4.10. The minimum Gasteiger partial charge on any atom is -0.497 e. The summed E-state index contributed by atoms with van der Waals surface area (Å²) in [6, 6.07) is 8.45. The molecular weight excluding hydrogens is 300 g/mol. The van der Waals surface area contributed by atoms with Crippen molar-refractivity contribution < 1.29 is 13.2 Å². The highest BCUT2D eigenvalue weighted by Gasteiger charge is 2.31. The SMILES string of the molecule is COc1ccc(CC(C)NC[C@H]2CCCN2S(C)(=O)=O)cc1. The Labute approximate surface area is 133 Å². The Morgan fingerprint density at radius 3 is 2.64 bits per heavy atom. The van der Waals surface area contributed by atoms with Crippen LogP contribution < -0.4 is 10.1 Å². The molecule has 2 atom stereocenters. The highest BCUT2D eigenvalue weighted by Crippen LogP contribution is 2.20. The molecule has 1 unspecified atom stereocenters. The van der Waals surface area contributed by atoms with Crippen LogP contribution in [-0.2, 0) is 16.4 Å². The monoisotopic (exact) mass is 326 g/mol. The third kappa shape index (κ3) is 4.69. The van der Waals surface area contributed by atoms with Crippen LogP contribution in [0.4, 0.5) is 0 Å². The topological polar surface area (TPSA) is 58.6 Å². The number of sulfonamides is 1.